The van der Waals surface area contributed by atoms with Crippen LogP contribution in [0.3, 0.4) is 0 Å². The van der Waals surface area contributed by atoms with Gasteiger partial charge in [-0.1, -0.05) is 26.7 Å². The fraction of sp³-hybridized carbons (Fsp3) is 0.721. The van der Waals surface area contributed by atoms with Crippen LogP contribution in [-0.4, -0.2) is 219 Å². The molecule has 23 heteroatoms. The maximum atomic E-state index is 15.3. The Hall–Kier alpha value is -5.14. The summed E-state index contributed by atoms with van der Waals surface area (Å²) in [5, 5.41) is 8.77. The topological polar surface area (TPSA) is 198 Å². The average molecular weight is 1170 g/mol. The monoisotopic (exact) mass is 1170 g/mol. The summed E-state index contributed by atoms with van der Waals surface area (Å²) < 4.78 is 78.2. The van der Waals surface area contributed by atoms with Gasteiger partial charge < -0.3 is 48.3 Å². The third-order valence-electron chi connectivity index (χ3n) is 19.9. The molecule has 1 aromatic carbocycles. The summed E-state index contributed by atoms with van der Waals surface area (Å²) in [6.45, 7) is 12.5. The number of carbonyl (C=O) groups excluding carboxylic acids is 4. The van der Waals surface area contributed by atoms with Gasteiger partial charge in [-0.05, 0) is 93.5 Å². The average Bonchev–Trinajstić information content (AvgIpc) is 1.84. The minimum Gasteiger partial charge on any atom is -0.464 e. The molecule has 10 aliphatic rings. The molecular weight excluding hydrogens is 1090 g/mol. The summed E-state index contributed by atoms with van der Waals surface area (Å²) in [5.41, 5.74) is 5.83. The van der Waals surface area contributed by atoms with Crippen LogP contribution in [0.25, 0.3) is 22.2 Å². The normalized spacial score (nSPS) is 29.7. The van der Waals surface area contributed by atoms with Crippen molar-refractivity contribution < 1.29 is 56.0 Å². The van der Waals surface area contributed by atoms with Gasteiger partial charge >= 0.3 is 12.1 Å². The Kier molecular flexibility index (Phi) is 16.0. The number of hydrogen-bond acceptors (Lipinski definition) is 16. The minimum absolute atomic E-state index is 0.0506. The lowest BCUT2D eigenvalue weighted by molar-refractivity contribution is -0.197. The van der Waals surface area contributed by atoms with E-state index in [1.165, 1.54) is 22.4 Å². The van der Waals surface area contributed by atoms with Crippen molar-refractivity contribution in [3.63, 3.8) is 0 Å². The number of nitrogens with one attached hydrogen (secondary N) is 3. The largest absolute Gasteiger partial charge is 0.464 e. The lowest BCUT2D eigenvalue weighted by atomic mass is 9.84. The fourth-order valence-corrected chi connectivity index (χ4v) is 15.2. The number of piperazine rings is 1. The highest BCUT2D eigenvalue weighted by atomic mass is 19.4. The molecule has 20 nitrogen and oxygen atoms in total. The van der Waals surface area contributed by atoms with Crippen molar-refractivity contribution >= 4 is 46.0 Å². The molecule has 6 bridgehead atoms. The van der Waals surface area contributed by atoms with E-state index in [2.05, 4.69) is 35.7 Å². The molecule has 0 radical (unpaired) electrons. The number of cyclic esters (lactones) is 1. The highest BCUT2D eigenvalue weighted by Crippen LogP contribution is 2.46. The molecule has 13 rings (SSSR count). The SMILES string of the molecule is CO[C@@H](C)c1ncc(N2CCN3CCOC[C@@H]3C2)cc1-c1c2c3cc(ccc3n1CC(F)(F)F)N1CCO[C@@H](C[C@H](NC(=O)C(C3CCCC3)N3CCOC4(CN(C(=O)[C@@H]5NC5C5CC5)C4)C3)C(=O)N3CCC[C@H](N3)C(=O)OCC(C)(C)C2)C1. The van der Waals surface area contributed by atoms with Crippen molar-refractivity contribution in [3.05, 3.63) is 41.7 Å². The summed E-state index contributed by atoms with van der Waals surface area (Å²) >= 11 is 0. The first-order valence-electron chi connectivity index (χ1n) is 31.1. The lowest BCUT2D eigenvalue weighted by Gasteiger charge is -2.55. The molecule has 9 fully saturated rings. The molecule has 2 aromatic heterocycles. The zero-order valence-electron chi connectivity index (χ0n) is 49.1. The number of alkyl halides is 3. The number of esters is 1. The maximum absolute atomic E-state index is 15.3. The number of methoxy groups -OCH3 is 1. The number of morpholine rings is 3. The predicted molar refractivity (Wildman–Crippen MR) is 306 cm³/mol. The number of hydrogen-bond donors (Lipinski definition) is 3. The van der Waals surface area contributed by atoms with Crippen molar-refractivity contribution in [2.75, 3.05) is 122 Å². The second-order valence-corrected chi connectivity index (χ2v) is 26.6. The van der Waals surface area contributed by atoms with Crippen molar-refractivity contribution in [3.8, 4) is 11.3 Å². The molecule has 3 aromatic rings. The zero-order chi connectivity index (χ0) is 58.2. The van der Waals surface area contributed by atoms with Crippen LogP contribution in [0.5, 0.6) is 0 Å². The Labute approximate surface area is 489 Å². The number of likely N-dealkylation sites (tertiary alicyclic amines) is 1. The number of halogens is 3. The number of ether oxygens (including phenoxy) is 5. The number of benzene rings is 1. The Balaban J connectivity index is 0.832. The first-order chi connectivity index (χ1) is 40.4. The van der Waals surface area contributed by atoms with E-state index in [9.17, 15) is 9.59 Å². The summed E-state index contributed by atoms with van der Waals surface area (Å²) in [5.74, 6) is -0.400. The number of pyridine rings is 1. The number of aromatic nitrogens is 2. The maximum Gasteiger partial charge on any atom is 0.406 e. The second kappa shape index (κ2) is 23.2. The van der Waals surface area contributed by atoms with E-state index in [-0.39, 0.29) is 61.2 Å². The van der Waals surface area contributed by atoms with E-state index in [1.54, 1.807) is 19.4 Å². The van der Waals surface area contributed by atoms with E-state index < -0.39 is 60.0 Å². The molecule has 458 valence electrons. The van der Waals surface area contributed by atoms with Gasteiger partial charge in [0.25, 0.3) is 5.91 Å². The summed E-state index contributed by atoms with van der Waals surface area (Å²) in [7, 11) is 1.57. The van der Waals surface area contributed by atoms with Crippen molar-refractivity contribution in [1.82, 2.24) is 45.3 Å². The smallest absolute Gasteiger partial charge is 0.406 e. The molecule has 2 aliphatic carbocycles. The third kappa shape index (κ3) is 11.9. The van der Waals surface area contributed by atoms with Crippen molar-refractivity contribution in [2.45, 2.75) is 152 Å². The van der Waals surface area contributed by atoms with E-state index in [0.717, 1.165) is 50.1 Å². The molecule has 2 unspecified atom stereocenters. The molecule has 8 aliphatic heterocycles. The molecule has 1 spiro atoms. The summed E-state index contributed by atoms with van der Waals surface area (Å²) in [6, 6.07) is 5.45. The first kappa shape index (κ1) is 57.9. The third-order valence-corrected chi connectivity index (χ3v) is 19.9. The second-order valence-electron chi connectivity index (χ2n) is 26.6. The van der Waals surface area contributed by atoms with E-state index in [1.807, 2.05) is 43.9 Å². The standard InChI is InChI=1S/C61H84F3N11O9/c1-37(80-4)50-45(25-41(28-65-50)70-17-16-69-18-21-81-31-42(69)29-70)54-46-27-59(2,3)36-83-58(79)47-10-7-15-75(68-47)56(77)48(26-43-30-71(19-22-82-43)40-13-14-49(44(46)24-40)74(54)35-61(62,63)64)66-55(76)53(39-8-5-6-9-39)72-20-23-84-60(32-72)33-73(34-60)57(78)52-51(67-52)38-11-12-38/h13-14,24-25,28,37-39,42-43,47-48,51-53,67-68H,5-12,15-23,26-27,29-36H2,1-4H3,(H,66,76)/t37-,42-,43-,47-,48-,51?,52+,53?/m0/s1. The van der Waals surface area contributed by atoms with Crippen LogP contribution in [0.2, 0.25) is 0 Å². The van der Waals surface area contributed by atoms with Crippen LogP contribution in [0.4, 0.5) is 24.5 Å². The van der Waals surface area contributed by atoms with Gasteiger partial charge in [-0.3, -0.25) is 44.3 Å². The quantitative estimate of drug-likeness (QED) is 0.180. The van der Waals surface area contributed by atoms with Crippen LogP contribution in [0, 0.1) is 17.3 Å². The molecular formula is C61H84F3N11O9. The molecule has 10 heterocycles. The van der Waals surface area contributed by atoms with Gasteiger partial charge in [0.2, 0.25) is 11.8 Å². The number of nitrogens with zero attached hydrogens (tertiary/aromatic N) is 8. The lowest BCUT2D eigenvalue weighted by Crippen LogP contribution is -2.73. The van der Waals surface area contributed by atoms with Crippen LogP contribution in [-0.2, 0) is 55.8 Å². The summed E-state index contributed by atoms with van der Waals surface area (Å²) in [6.07, 6.45) is 3.37. The van der Waals surface area contributed by atoms with Crippen molar-refractivity contribution in [2.24, 2.45) is 17.3 Å². The number of anilines is 2. The molecule has 3 amide bonds. The van der Waals surface area contributed by atoms with Gasteiger partial charge in [-0.25, -0.2) is 5.43 Å². The predicted octanol–water partition coefficient (Wildman–Crippen LogP) is 4.42. The van der Waals surface area contributed by atoms with Gasteiger partial charge in [0.15, 0.2) is 0 Å². The molecule has 2 saturated carbocycles. The van der Waals surface area contributed by atoms with Gasteiger partial charge in [0.1, 0.15) is 30.3 Å². The minimum atomic E-state index is -4.61. The van der Waals surface area contributed by atoms with Gasteiger partial charge in [0.05, 0.1) is 93.7 Å². The van der Waals surface area contributed by atoms with E-state index in [0.29, 0.717) is 138 Å². The Morgan fingerprint density at radius 3 is 2.51 bits per heavy atom. The zero-order valence-corrected chi connectivity index (χ0v) is 49.1. The number of carbonyl (C=O) groups is 4. The number of amides is 3. The van der Waals surface area contributed by atoms with Gasteiger partial charge in [-0.2, -0.15) is 13.2 Å². The van der Waals surface area contributed by atoms with E-state index in [4.69, 9.17) is 28.7 Å². The Morgan fingerprint density at radius 2 is 1.73 bits per heavy atom. The van der Waals surface area contributed by atoms with E-state index >= 15 is 22.8 Å². The number of fused-ring (bicyclic) bond motifs is 7. The molecule has 84 heavy (non-hydrogen) atoms. The van der Waals surface area contributed by atoms with Gasteiger partial charge in [0, 0.05) is 106 Å². The van der Waals surface area contributed by atoms with Crippen LogP contribution in [0.15, 0.2) is 30.5 Å². The first-order valence-corrected chi connectivity index (χ1v) is 31.1. The Morgan fingerprint density at radius 1 is 0.917 bits per heavy atom. The highest BCUT2D eigenvalue weighted by Gasteiger charge is 2.58. The summed E-state index contributed by atoms with van der Waals surface area (Å²) in [4.78, 5) is 74.2. The molecule has 8 atom stereocenters. The number of rotatable bonds is 11. The fourth-order valence-electron chi connectivity index (χ4n) is 15.2. The van der Waals surface area contributed by atoms with Crippen molar-refractivity contribution in [1.29, 1.82) is 0 Å². The number of hydrazine groups is 1. The van der Waals surface area contributed by atoms with Crippen LogP contribution < -0.4 is 25.9 Å². The molecule has 3 N–H and O–H groups in total. The van der Waals surface area contributed by atoms with Crippen LogP contribution in [0.1, 0.15) is 95.9 Å². The highest BCUT2D eigenvalue weighted by molar-refractivity contribution is 5.95. The molecule has 7 saturated heterocycles. The Bertz CT molecular complexity index is 2960. The van der Waals surface area contributed by atoms with Gasteiger partial charge in [-0.15, -0.1) is 0 Å². The van der Waals surface area contributed by atoms with Crippen LogP contribution >= 0.6 is 0 Å².